The normalized spacial score (nSPS) is 25.7. The number of hydrogen-bond donors (Lipinski definition) is 0. The minimum absolute atomic E-state index is 0.248. The van der Waals surface area contributed by atoms with Gasteiger partial charge in [-0.05, 0) is 50.6 Å². The topological polar surface area (TPSA) is 17.1 Å². The minimum atomic E-state index is 0.248. The van der Waals surface area contributed by atoms with E-state index in [2.05, 4.69) is 38.8 Å². The van der Waals surface area contributed by atoms with Crippen molar-refractivity contribution in [2.24, 2.45) is 11.8 Å². The van der Waals surface area contributed by atoms with Crippen molar-refractivity contribution < 1.29 is 4.79 Å². The molecule has 1 saturated carbocycles. The van der Waals surface area contributed by atoms with E-state index in [0.717, 1.165) is 32.6 Å². The van der Waals surface area contributed by atoms with Gasteiger partial charge in [0.05, 0.1) is 9.35 Å². The van der Waals surface area contributed by atoms with E-state index in [9.17, 15) is 4.79 Å². The van der Waals surface area contributed by atoms with Crippen molar-refractivity contribution in [3.05, 3.63) is 19.2 Å². The monoisotopic (exact) mass is 364 g/mol. The van der Waals surface area contributed by atoms with Gasteiger partial charge in [0.2, 0.25) is 0 Å². The zero-order valence-corrected chi connectivity index (χ0v) is 13.1. The zero-order valence-electron chi connectivity index (χ0n) is 9.13. The van der Waals surface area contributed by atoms with Crippen molar-refractivity contribution in [2.45, 2.75) is 32.6 Å². The second-order valence-electron chi connectivity index (χ2n) is 4.55. The van der Waals surface area contributed by atoms with Gasteiger partial charge in [0.25, 0.3) is 0 Å². The van der Waals surface area contributed by atoms with E-state index in [1.165, 1.54) is 24.2 Å². The molecular weight excluding hydrogens is 352 g/mol. The SMILES string of the molecule is CC1CCC(C(=O)c2scc(Br)c2Br)CC1. The van der Waals surface area contributed by atoms with Crippen molar-refractivity contribution in [1.82, 2.24) is 0 Å². The Bertz CT molecular complexity index is 392. The third-order valence-electron chi connectivity index (χ3n) is 3.30. The molecule has 1 aromatic heterocycles. The molecule has 1 heterocycles. The number of thiophene rings is 1. The fourth-order valence-electron chi connectivity index (χ4n) is 2.20. The van der Waals surface area contributed by atoms with E-state index in [1.54, 1.807) is 0 Å². The van der Waals surface area contributed by atoms with Crippen LogP contribution < -0.4 is 0 Å². The molecule has 0 spiro atoms. The molecule has 1 aliphatic carbocycles. The van der Waals surface area contributed by atoms with E-state index in [4.69, 9.17) is 0 Å². The van der Waals surface area contributed by atoms with Gasteiger partial charge >= 0.3 is 0 Å². The van der Waals surface area contributed by atoms with Gasteiger partial charge in [0, 0.05) is 15.8 Å². The molecular formula is C12H14Br2OS. The van der Waals surface area contributed by atoms with E-state index < -0.39 is 0 Å². The Morgan fingerprint density at radius 1 is 1.31 bits per heavy atom. The van der Waals surface area contributed by atoms with Gasteiger partial charge in [-0.1, -0.05) is 19.8 Å². The third kappa shape index (κ3) is 2.59. The highest BCUT2D eigenvalue weighted by molar-refractivity contribution is 9.13. The van der Waals surface area contributed by atoms with Crippen LogP contribution in [0.15, 0.2) is 14.3 Å². The molecule has 4 heteroatoms. The number of hydrogen-bond acceptors (Lipinski definition) is 2. The Morgan fingerprint density at radius 3 is 2.44 bits per heavy atom. The van der Waals surface area contributed by atoms with Crippen LogP contribution in [0, 0.1) is 11.8 Å². The van der Waals surface area contributed by atoms with Crippen LogP contribution in [0.1, 0.15) is 42.3 Å². The summed E-state index contributed by atoms with van der Waals surface area (Å²) in [6, 6.07) is 0. The Hall–Kier alpha value is 0.330. The smallest absolute Gasteiger partial charge is 0.177 e. The molecule has 16 heavy (non-hydrogen) atoms. The molecule has 0 radical (unpaired) electrons. The largest absolute Gasteiger partial charge is 0.293 e. The number of Topliss-reactive ketones (excluding diaryl/α,β-unsaturated/α-hetero) is 1. The average molecular weight is 366 g/mol. The average Bonchev–Trinajstić information content (AvgIpc) is 2.60. The van der Waals surface area contributed by atoms with Gasteiger partial charge < -0.3 is 0 Å². The predicted molar refractivity (Wildman–Crippen MR) is 75.2 cm³/mol. The molecule has 0 aliphatic heterocycles. The number of carbonyl (C=O) groups excluding carboxylic acids is 1. The highest BCUT2D eigenvalue weighted by atomic mass is 79.9. The van der Waals surface area contributed by atoms with Crippen LogP contribution in [-0.4, -0.2) is 5.78 Å². The first-order chi connectivity index (χ1) is 7.59. The zero-order chi connectivity index (χ0) is 11.7. The number of halogens is 2. The highest BCUT2D eigenvalue weighted by Gasteiger charge is 2.27. The second-order valence-corrected chi connectivity index (χ2v) is 7.07. The van der Waals surface area contributed by atoms with Crippen molar-refractivity contribution in [1.29, 1.82) is 0 Å². The van der Waals surface area contributed by atoms with Gasteiger partial charge in [-0.25, -0.2) is 0 Å². The van der Waals surface area contributed by atoms with Crippen molar-refractivity contribution in [3.8, 4) is 0 Å². The predicted octanol–water partition coefficient (Wildman–Crippen LogP) is 5.28. The third-order valence-corrected chi connectivity index (χ3v) is 6.84. The molecule has 2 rings (SSSR count). The standard InChI is InChI=1S/C12H14Br2OS/c1-7-2-4-8(5-3-7)11(15)12-10(14)9(13)6-16-12/h6-8H,2-5H2,1H3. The van der Waals surface area contributed by atoms with Gasteiger partial charge in [0.15, 0.2) is 5.78 Å². The van der Waals surface area contributed by atoms with Crippen molar-refractivity contribution in [3.63, 3.8) is 0 Å². The lowest BCUT2D eigenvalue weighted by Crippen LogP contribution is -2.20. The van der Waals surface area contributed by atoms with E-state index in [0.29, 0.717) is 5.78 Å². The molecule has 88 valence electrons. The van der Waals surface area contributed by atoms with Crippen LogP contribution in [0.2, 0.25) is 0 Å². The Labute approximate surface area is 117 Å². The summed E-state index contributed by atoms with van der Waals surface area (Å²) in [7, 11) is 0. The molecule has 0 aromatic carbocycles. The maximum Gasteiger partial charge on any atom is 0.177 e. The summed E-state index contributed by atoms with van der Waals surface area (Å²) in [6.07, 6.45) is 4.51. The van der Waals surface area contributed by atoms with Crippen LogP contribution in [-0.2, 0) is 0 Å². The van der Waals surface area contributed by atoms with E-state index in [-0.39, 0.29) is 5.92 Å². The lowest BCUT2D eigenvalue weighted by atomic mass is 9.80. The fraction of sp³-hybridized carbons (Fsp3) is 0.583. The van der Waals surface area contributed by atoms with Crippen LogP contribution >= 0.6 is 43.2 Å². The molecule has 1 nitrogen and oxygen atoms in total. The first-order valence-corrected chi connectivity index (χ1v) is 8.03. The van der Waals surface area contributed by atoms with Crippen LogP contribution in [0.25, 0.3) is 0 Å². The van der Waals surface area contributed by atoms with Gasteiger partial charge in [0.1, 0.15) is 0 Å². The van der Waals surface area contributed by atoms with Crippen LogP contribution in [0.4, 0.5) is 0 Å². The summed E-state index contributed by atoms with van der Waals surface area (Å²) in [5.74, 6) is 1.37. The highest BCUT2D eigenvalue weighted by Crippen LogP contribution is 2.37. The van der Waals surface area contributed by atoms with Crippen molar-refractivity contribution in [2.75, 3.05) is 0 Å². The van der Waals surface area contributed by atoms with E-state index >= 15 is 0 Å². The molecule has 0 bridgehead atoms. The number of carbonyl (C=O) groups is 1. The Kier molecular flexibility index (Phi) is 4.25. The van der Waals surface area contributed by atoms with Crippen LogP contribution in [0.3, 0.4) is 0 Å². The Balaban J connectivity index is 2.11. The summed E-state index contributed by atoms with van der Waals surface area (Å²) < 4.78 is 1.92. The van der Waals surface area contributed by atoms with Gasteiger partial charge in [-0.2, -0.15) is 0 Å². The molecule has 1 aliphatic rings. The molecule has 0 saturated heterocycles. The molecule has 0 atom stereocenters. The quantitative estimate of drug-likeness (QED) is 0.651. The minimum Gasteiger partial charge on any atom is -0.293 e. The fourth-order valence-corrected chi connectivity index (χ4v) is 4.38. The first kappa shape index (κ1) is 12.8. The molecule has 1 fully saturated rings. The maximum atomic E-state index is 12.3. The lowest BCUT2D eigenvalue weighted by molar-refractivity contribution is 0.0879. The summed E-state index contributed by atoms with van der Waals surface area (Å²) >= 11 is 8.44. The van der Waals surface area contributed by atoms with Gasteiger partial charge in [-0.15, -0.1) is 11.3 Å². The lowest BCUT2D eigenvalue weighted by Gasteiger charge is -2.24. The number of ketones is 1. The summed E-state index contributed by atoms with van der Waals surface area (Å²) in [6.45, 7) is 2.28. The van der Waals surface area contributed by atoms with E-state index in [1.807, 2.05) is 5.38 Å². The van der Waals surface area contributed by atoms with Crippen LogP contribution in [0.5, 0.6) is 0 Å². The molecule has 0 unspecified atom stereocenters. The maximum absolute atomic E-state index is 12.3. The molecule has 1 aromatic rings. The van der Waals surface area contributed by atoms with Crippen molar-refractivity contribution >= 4 is 49.0 Å². The molecule has 0 amide bonds. The molecule has 0 N–H and O–H groups in total. The first-order valence-electron chi connectivity index (χ1n) is 5.56. The number of rotatable bonds is 2. The summed E-state index contributed by atoms with van der Waals surface area (Å²) in [5, 5.41) is 1.97. The van der Waals surface area contributed by atoms with Gasteiger partial charge in [-0.3, -0.25) is 4.79 Å². The summed E-state index contributed by atoms with van der Waals surface area (Å²) in [4.78, 5) is 13.2. The second kappa shape index (κ2) is 5.32. The Morgan fingerprint density at radius 2 is 1.94 bits per heavy atom. The summed E-state index contributed by atoms with van der Waals surface area (Å²) in [5.41, 5.74) is 0.